The van der Waals surface area contributed by atoms with E-state index in [1.807, 2.05) is 48.1 Å². The fourth-order valence-corrected chi connectivity index (χ4v) is 4.21. The van der Waals surface area contributed by atoms with Gasteiger partial charge in [0, 0.05) is 17.9 Å². The molecule has 0 radical (unpaired) electrons. The Bertz CT molecular complexity index is 949. The number of ether oxygens (including phenoxy) is 1. The van der Waals surface area contributed by atoms with Crippen LogP contribution in [0.5, 0.6) is 0 Å². The monoisotopic (exact) mass is 396 g/mol. The highest BCUT2D eigenvalue weighted by Gasteiger charge is 2.34. The Labute approximate surface area is 169 Å². The first-order chi connectivity index (χ1) is 13.1. The van der Waals surface area contributed by atoms with Crippen LogP contribution in [-0.2, 0) is 15.3 Å². The van der Waals surface area contributed by atoms with Crippen LogP contribution in [0.1, 0.15) is 24.1 Å². The van der Waals surface area contributed by atoms with E-state index in [0.717, 1.165) is 5.56 Å². The molecular formula is C22H22NO2S2+. The van der Waals surface area contributed by atoms with Crippen LogP contribution in [0.4, 0.5) is 0 Å². The second-order valence-electron chi connectivity index (χ2n) is 6.22. The van der Waals surface area contributed by atoms with Gasteiger partial charge in [0.2, 0.25) is 0 Å². The summed E-state index contributed by atoms with van der Waals surface area (Å²) >= 11 is 7.16. The number of benzene rings is 2. The number of hydrogen-bond donors (Lipinski definition) is 0. The Balaban J connectivity index is 1.81. The van der Waals surface area contributed by atoms with Crippen LogP contribution < -0.4 is 4.57 Å². The second-order valence-corrected chi connectivity index (χ2v) is 7.94. The normalized spacial score (nSPS) is 11.9. The molecule has 0 aliphatic rings. The van der Waals surface area contributed by atoms with Crippen LogP contribution in [0, 0.1) is 6.92 Å². The molecule has 0 saturated carbocycles. The van der Waals surface area contributed by atoms with Gasteiger partial charge in [0.15, 0.2) is 12.4 Å². The molecule has 0 N–H and O–H groups in total. The van der Waals surface area contributed by atoms with Crippen LogP contribution in [0.25, 0.3) is 10.8 Å². The summed E-state index contributed by atoms with van der Waals surface area (Å²) < 4.78 is 7.70. The van der Waals surface area contributed by atoms with Gasteiger partial charge in [-0.3, -0.25) is 0 Å². The number of thioether (sulfide) groups is 1. The van der Waals surface area contributed by atoms with Crippen molar-refractivity contribution in [1.29, 1.82) is 0 Å². The average molecular weight is 397 g/mol. The minimum Gasteiger partial charge on any atom is -0.461 e. The summed E-state index contributed by atoms with van der Waals surface area (Å²) in [7, 11) is 0. The summed E-state index contributed by atoms with van der Waals surface area (Å²) in [4.78, 5) is 12.5. The average Bonchev–Trinajstić information content (AvgIpc) is 2.68. The summed E-state index contributed by atoms with van der Waals surface area (Å²) in [6, 6.07) is 17.9. The zero-order valence-corrected chi connectivity index (χ0v) is 17.1. The fourth-order valence-electron chi connectivity index (χ4n) is 2.89. The predicted octanol–water partition coefficient (Wildman–Crippen LogP) is 4.80. The lowest BCUT2D eigenvalue weighted by Gasteiger charge is -2.13. The minimum absolute atomic E-state index is 0.318. The molecule has 1 unspecified atom stereocenters. The number of fused-ring (bicyclic) bond motifs is 1. The van der Waals surface area contributed by atoms with Crippen molar-refractivity contribution in [2.24, 2.45) is 0 Å². The largest absolute Gasteiger partial charge is 0.461 e. The smallest absolute Gasteiger partial charge is 0.382 e. The van der Waals surface area contributed by atoms with Gasteiger partial charge in [-0.15, -0.1) is 11.8 Å². The Morgan fingerprint density at radius 1 is 1.11 bits per heavy atom. The lowest BCUT2D eigenvalue weighted by molar-refractivity contribution is -0.694. The van der Waals surface area contributed by atoms with E-state index in [2.05, 4.69) is 30.3 Å². The number of pyridine rings is 1. The molecule has 2 aromatic carbocycles. The molecule has 0 bridgehead atoms. The van der Waals surface area contributed by atoms with Crippen molar-refractivity contribution in [3.63, 3.8) is 0 Å². The molecule has 5 heteroatoms. The van der Waals surface area contributed by atoms with Crippen LogP contribution in [0.2, 0.25) is 0 Å². The van der Waals surface area contributed by atoms with Crippen molar-refractivity contribution in [3.8, 4) is 0 Å². The van der Waals surface area contributed by atoms with E-state index in [1.165, 1.54) is 28.1 Å². The van der Waals surface area contributed by atoms with E-state index in [9.17, 15) is 4.79 Å². The van der Waals surface area contributed by atoms with Gasteiger partial charge in [0.25, 0.3) is 6.04 Å². The Hall–Kier alpha value is -2.24. The zero-order valence-electron chi connectivity index (χ0n) is 15.4. The molecule has 3 rings (SSSR count). The van der Waals surface area contributed by atoms with Crippen molar-refractivity contribution in [2.75, 3.05) is 6.61 Å². The maximum atomic E-state index is 12.5. The van der Waals surface area contributed by atoms with Gasteiger partial charge in [0.1, 0.15) is 4.20 Å². The van der Waals surface area contributed by atoms with E-state index in [4.69, 9.17) is 17.0 Å². The maximum absolute atomic E-state index is 12.5. The van der Waals surface area contributed by atoms with E-state index in [1.54, 1.807) is 6.92 Å². The number of nitrogens with zero attached hydrogens (tertiary/aromatic N) is 1. The molecule has 0 aliphatic carbocycles. The van der Waals surface area contributed by atoms with E-state index in [0.29, 0.717) is 16.6 Å². The molecule has 0 aliphatic heterocycles. The van der Waals surface area contributed by atoms with E-state index in [-0.39, 0.29) is 5.97 Å². The summed E-state index contributed by atoms with van der Waals surface area (Å²) in [6.07, 6.45) is 3.75. The number of thiocarbonyl (C=S) groups is 1. The van der Waals surface area contributed by atoms with Crippen molar-refractivity contribution in [2.45, 2.75) is 25.6 Å². The van der Waals surface area contributed by atoms with Gasteiger partial charge < -0.3 is 4.74 Å². The highest BCUT2D eigenvalue weighted by Crippen LogP contribution is 2.26. The van der Waals surface area contributed by atoms with Gasteiger partial charge in [-0.1, -0.05) is 54.7 Å². The fraction of sp³-hybridized carbons (Fsp3) is 0.227. The molecule has 0 saturated heterocycles. The number of esters is 1. The first-order valence-electron chi connectivity index (χ1n) is 8.87. The third-order valence-corrected chi connectivity index (χ3v) is 5.84. The quantitative estimate of drug-likeness (QED) is 0.340. The third-order valence-electron chi connectivity index (χ3n) is 4.30. The molecule has 3 aromatic rings. The molecule has 3 nitrogen and oxygen atoms in total. The van der Waals surface area contributed by atoms with Gasteiger partial charge in [-0.2, -0.15) is 4.57 Å². The van der Waals surface area contributed by atoms with Gasteiger partial charge >= 0.3 is 5.97 Å². The second kappa shape index (κ2) is 9.11. The van der Waals surface area contributed by atoms with Crippen molar-refractivity contribution in [3.05, 3.63) is 78.1 Å². The number of aromatic nitrogens is 1. The number of hydrogen-bond acceptors (Lipinski definition) is 4. The molecule has 1 aromatic heterocycles. The zero-order chi connectivity index (χ0) is 19.2. The number of rotatable bonds is 6. The van der Waals surface area contributed by atoms with Crippen molar-refractivity contribution >= 4 is 44.9 Å². The molecular weight excluding hydrogens is 374 g/mol. The lowest BCUT2D eigenvalue weighted by atomic mass is 10.1. The maximum Gasteiger partial charge on any atom is 0.382 e. The molecule has 0 spiro atoms. The van der Waals surface area contributed by atoms with Gasteiger partial charge in [-0.25, -0.2) is 4.79 Å². The molecule has 138 valence electrons. The Morgan fingerprint density at radius 3 is 2.56 bits per heavy atom. The summed E-state index contributed by atoms with van der Waals surface area (Å²) in [6.45, 7) is 4.15. The Morgan fingerprint density at radius 2 is 1.81 bits per heavy atom. The molecule has 1 atom stereocenters. The molecule has 27 heavy (non-hydrogen) atoms. The first kappa shape index (κ1) is 19.5. The van der Waals surface area contributed by atoms with E-state index >= 15 is 0 Å². The van der Waals surface area contributed by atoms with Gasteiger partial charge in [0.05, 0.1) is 6.61 Å². The minimum atomic E-state index is -0.611. The highest BCUT2D eigenvalue weighted by molar-refractivity contribution is 8.22. The predicted molar refractivity (Wildman–Crippen MR) is 115 cm³/mol. The standard InChI is InChI=1S/C22H22NO2S2/c1-3-25-21(24)20(23-13-11-16(2)12-14-23)22(26)27-15-18-9-6-8-17-7-4-5-10-19(17)18/h4-14,20H,3,15H2,1-2H3/q+1. The molecule has 1 heterocycles. The SMILES string of the molecule is CCOC(=O)C(C(=S)SCc1cccc2ccccc12)[n+]1ccc(C)cc1. The molecule has 0 fully saturated rings. The van der Waals surface area contributed by atoms with Crippen LogP contribution >= 0.6 is 24.0 Å². The van der Waals surface area contributed by atoms with Crippen LogP contribution in [0.15, 0.2) is 67.0 Å². The summed E-state index contributed by atoms with van der Waals surface area (Å²) in [5, 5.41) is 2.42. The summed E-state index contributed by atoms with van der Waals surface area (Å²) in [5.74, 6) is 0.393. The highest BCUT2D eigenvalue weighted by atomic mass is 32.2. The van der Waals surface area contributed by atoms with Gasteiger partial charge in [-0.05, 0) is 35.7 Å². The summed E-state index contributed by atoms with van der Waals surface area (Å²) in [5.41, 5.74) is 2.33. The van der Waals surface area contributed by atoms with Crippen molar-refractivity contribution < 1.29 is 14.1 Å². The molecule has 0 amide bonds. The first-order valence-corrected chi connectivity index (χ1v) is 10.3. The number of carbonyl (C=O) groups excluding carboxylic acids is 1. The Kier molecular flexibility index (Phi) is 6.58. The van der Waals surface area contributed by atoms with Crippen LogP contribution in [-0.4, -0.2) is 16.8 Å². The van der Waals surface area contributed by atoms with Crippen molar-refractivity contribution in [1.82, 2.24) is 0 Å². The van der Waals surface area contributed by atoms with E-state index < -0.39 is 6.04 Å². The topological polar surface area (TPSA) is 30.2 Å². The lowest BCUT2D eigenvalue weighted by Crippen LogP contribution is -2.47. The third kappa shape index (κ3) is 4.73. The number of aryl methyl sites for hydroxylation is 1. The van der Waals surface area contributed by atoms with Crippen LogP contribution in [0.3, 0.4) is 0 Å². The number of carbonyl (C=O) groups is 1.